The van der Waals surface area contributed by atoms with Crippen LogP contribution in [-0.4, -0.2) is 49.5 Å². The van der Waals surface area contributed by atoms with E-state index in [1.807, 2.05) is 34.4 Å². The molecule has 146 valence electrons. The Morgan fingerprint density at radius 3 is 2.78 bits per heavy atom. The summed E-state index contributed by atoms with van der Waals surface area (Å²) >= 11 is 0. The average molecular weight is 371 g/mol. The number of carbonyl (C=O) groups excluding carboxylic acids is 1. The van der Waals surface area contributed by atoms with Crippen molar-refractivity contribution in [3.8, 4) is 0 Å². The summed E-state index contributed by atoms with van der Waals surface area (Å²) < 4.78 is 3.82. The van der Waals surface area contributed by atoms with E-state index >= 15 is 0 Å². The zero-order valence-corrected chi connectivity index (χ0v) is 16.6. The first-order valence-electron chi connectivity index (χ1n) is 10.1. The van der Waals surface area contributed by atoms with Crippen molar-refractivity contribution in [1.82, 2.24) is 29.8 Å². The molecule has 1 aliphatic heterocycles. The van der Waals surface area contributed by atoms with Crippen LogP contribution in [0.5, 0.6) is 0 Å². The van der Waals surface area contributed by atoms with Gasteiger partial charge >= 0.3 is 0 Å². The normalized spacial score (nSPS) is 20.0. The molecule has 0 spiro atoms. The molecule has 2 fully saturated rings. The van der Waals surface area contributed by atoms with Crippen LogP contribution in [0.25, 0.3) is 0 Å². The van der Waals surface area contributed by atoms with E-state index < -0.39 is 0 Å². The number of carbonyl (C=O) groups is 1. The maximum Gasteiger partial charge on any atom is 0.244 e. The van der Waals surface area contributed by atoms with Gasteiger partial charge in [-0.15, -0.1) is 0 Å². The van der Waals surface area contributed by atoms with Gasteiger partial charge in [0.25, 0.3) is 0 Å². The minimum atomic E-state index is 0.161. The van der Waals surface area contributed by atoms with Gasteiger partial charge in [-0.05, 0) is 52.1 Å². The van der Waals surface area contributed by atoms with Crippen LogP contribution >= 0.6 is 0 Å². The summed E-state index contributed by atoms with van der Waals surface area (Å²) in [5, 5.41) is 12.4. The zero-order chi connectivity index (χ0) is 19.0. The molecular weight excluding hydrogens is 340 g/mol. The summed E-state index contributed by atoms with van der Waals surface area (Å²) in [6.45, 7) is 7.14. The van der Waals surface area contributed by atoms with Gasteiger partial charge in [0.15, 0.2) is 0 Å². The van der Waals surface area contributed by atoms with Crippen LogP contribution in [-0.2, 0) is 24.9 Å². The first kappa shape index (κ1) is 18.2. The van der Waals surface area contributed by atoms with Crippen molar-refractivity contribution in [2.45, 2.75) is 64.6 Å². The van der Waals surface area contributed by atoms with Gasteiger partial charge in [0.1, 0.15) is 6.54 Å². The molecule has 1 N–H and O–H groups in total. The summed E-state index contributed by atoms with van der Waals surface area (Å²) in [5.41, 5.74) is 4.51. The van der Waals surface area contributed by atoms with Crippen molar-refractivity contribution >= 4 is 5.91 Å². The molecular formula is C20H30N6O. The Morgan fingerprint density at radius 2 is 2.15 bits per heavy atom. The molecule has 1 saturated heterocycles. The van der Waals surface area contributed by atoms with Gasteiger partial charge in [-0.3, -0.25) is 14.2 Å². The van der Waals surface area contributed by atoms with Crippen molar-refractivity contribution in [2.24, 2.45) is 7.05 Å². The summed E-state index contributed by atoms with van der Waals surface area (Å²) in [6, 6.07) is 2.44. The summed E-state index contributed by atoms with van der Waals surface area (Å²) in [7, 11) is 1.96. The molecule has 0 radical (unpaired) electrons. The van der Waals surface area contributed by atoms with Gasteiger partial charge in [0.05, 0.1) is 5.69 Å². The third-order valence-electron chi connectivity index (χ3n) is 6.04. The van der Waals surface area contributed by atoms with Gasteiger partial charge in [-0.1, -0.05) is 0 Å². The second kappa shape index (κ2) is 7.46. The first-order chi connectivity index (χ1) is 13.0. The van der Waals surface area contributed by atoms with Crippen LogP contribution in [0.3, 0.4) is 0 Å². The Hall–Kier alpha value is -2.15. The van der Waals surface area contributed by atoms with E-state index in [1.165, 1.54) is 17.7 Å². The molecule has 2 aliphatic rings. The number of hydrogen-bond acceptors (Lipinski definition) is 4. The largest absolute Gasteiger partial charge is 0.334 e. The maximum atomic E-state index is 13.2. The van der Waals surface area contributed by atoms with Crippen LogP contribution in [0.2, 0.25) is 0 Å². The minimum Gasteiger partial charge on any atom is -0.334 e. The standard InChI is InChI=1S/C20H30N6O/c1-14-18(15(2)24(3)23-14)12-25(17-6-7-17)20(27)13-26-19(8-10-22-26)16-5-4-9-21-11-16/h8,10,16-17,21H,4-7,9,11-13H2,1-3H3/t16-/m0/s1. The highest BCUT2D eigenvalue weighted by Crippen LogP contribution is 2.30. The second-order valence-electron chi connectivity index (χ2n) is 7.98. The minimum absolute atomic E-state index is 0.161. The molecule has 3 heterocycles. The molecule has 1 amide bonds. The first-order valence-corrected chi connectivity index (χ1v) is 10.1. The van der Waals surface area contributed by atoms with Crippen molar-refractivity contribution in [1.29, 1.82) is 0 Å². The average Bonchev–Trinajstić information content (AvgIpc) is 3.34. The third-order valence-corrected chi connectivity index (χ3v) is 6.04. The van der Waals surface area contributed by atoms with Crippen molar-refractivity contribution in [3.05, 3.63) is 34.9 Å². The predicted octanol–water partition coefficient (Wildman–Crippen LogP) is 1.89. The number of aryl methyl sites for hydroxylation is 2. The van der Waals surface area contributed by atoms with Crippen LogP contribution in [0, 0.1) is 13.8 Å². The molecule has 27 heavy (non-hydrogen) atoms. The monoisotopic (exact) mass is 370 g/mol. The topological polar surface area (TPSA) is 68.0 Å². The number of piperidine rings is 1. The van der Waals surface area contributed by atoms with E-state index in [0.29, 0.717) is 25.0 Å². The highest BCUT2D eigenvalue weighted by molar-refractivity contribution is 5.76. The summed E-state index contributed by atoms with van der Waals surface area (Å²) in [4.78, 5) is 15.2. The maximum absolute atomic E-state index is 13.2. The third kappa shape index (κ3) is 3.78. The van der Waals surface area contributed by atoms with E-state index in [4.69, 9.17) is 0 Å². The fourth-order valence-electron chi connectivity index (χ4n) is 4.17. The highest BCUT2D eigenvalue weighted by atomic mass is 16.2. The van der Waals surface area contributed by atoms with Crippen molar-refractivity contribution < 1.29 is 4.79 Å². The number of aromatic nitrogens is 4. The molecule has 2 aromatic rings. The Morgan fingerprint density at radius 1 is 1.33 bits per heavy atom. The molecule has 7 nitrogen and oxygen atoms in total. The fraction of sp³-hybridized carbons (Fsp3) is 0.650. The quantitative estimate of drug-likeness (QED) is 0.843. The van der Waals surface area contributed by atoms with Gasteiger partial charge < -0.3 is 10.2 Å². The SMILES string of the molecule is Cc1nn(C)c(C)c1CN(C(=O)Cn1nccc1[C@H]1CCCNC1)C1CC1. The number of rotatable bonds is 6. The second-order valence-corrected chi connectivity index (χ2v) is 7.98. The van der Waals surface area contributed by atoms with E-state index in [2.05, 4.69) is 28.5 Å². The molecule has 0 aromatic carbocycles. The van der Waals surface area contributed by atoms with Crippen LogP contribution < -0.4 is 5.32 Å². The van der Waals surface area contributed by atoms with E-state index in [-0.39, 0.29) is 5.91 Å². The molecule has 1 atom stereocenters. The Labute approximate surface area is 160 Å². The molecule has 0 bridgehead atoms. The zero-order valence-electron chi connectivity index (χ0n) is 16.6. The molecule has 0 unspecified atom stereocenters. The predicted molar refractivity (Wildman–Crippen MR) is 103 cm³/mol. The fourth-order valence-corrected chi connectivity index (χ4v) is 4.17. The summed E-state index contributed by atoms with van der Waals surface area (Å²) in [5.74, 6) is 0.611. The smallest absolute Gasteiger partial charge is 0.244 e. The van der Waals surface area contributed by atoms with Gasteiger partial charge in [0.2, 0.25) is 5.91 Å². The lowest BCUT2D eigenvalue weighted by Crippen LogP contribution is -2.37. The van der Waals surface area contributed by atoms with Gasteiger partial charge in [-0.25, -0.2) is 0 Å². The number of amides is 1. The number of nitrogens with zero attached hydrogens (tertiary/aromatic N) is 5. The molecule has 1 saturated carbocycles. The number of nitrogens with one attached hydrogen (secondary N) is 1. The van der Waals surface area contributed by atoms with Crippen LogP contribution in [0.4, 0.5) is 0 Å². The lowest BCUT2D eigenvalue weighted by atomic mass is 9.96. The summed E-state index contributed by atoms with van der Waals surface area (Å²) in [6.07, 6.45) is 6.37. The van der Waals surface area contributed by atoms with E-state index in [1.54, 1.807) is 0 Å². The van der Waals surface area contributed by atoms with E-state index in [9.17, 15) is 4.79 Å². The highest BCUT2D eigenvalue weighted by Gasteiger charge is 2.34. The molecule has 7 heteroatoms. The van der Waals surface area contributed by atoms with Crippen LogP contribution in [0.1, 0.15) is 54.2 Å². The van der Waals surface area contributed by atoms with E-state index in [0.717, 1.165) is 43.7 Å². The van der Waals surface area contributed by atoms with Gasteiger partial charge in [0, 0.05) is 55.2 Å². The Balaban J connectivity index is 1.50. The van der Waals surface area contributed by atoms with Crippen LogP contribution in [0.15, 0.2) is 12.3 Å². The van der Waals surface area contributed by atoms with Gasteiger partial charge in [-0.2, -0.15) is 10.2 Å². The molecule has 1 aliphatic carbocycles. The Bertz CT molecular complexity index is 813. The molecule has 4 rings (SSSR count). The lowest BCUT2D eigenvalue weighted by molar-refractivity contribution is -0.133. The van der Waals surface area contributed by atoms with Crippen molar-refractivity contribution in [2.75, 3.05) is 13.1 Å². The Kier molecular flexibility index (Phi) is 5.04. The number of hydrogen-bond donors (Lipinski definition) is 1. The lowest BCUT2D eigenvalue weighted by Gasteiger charge is -2.26. The molecule has 2 aromatic heterocycles. The van der Waals surface area contributed by atoms with Crippen molar-refractivity contribution in [3.63, 3.8) is 0 Å².